The molecule has 0 bridgehead atoms. The van der Waals surface area contributed by atoms with Crippen LogP contribution in [0.3, 0.4) is 0 Å². The smallest absolute Gasteiger partial charge is 0.337 e. The summed E-state index contributed by atoms with van der Waals surface area (Å²) in [6.07, 6.45) is 4.70. The van der Waals surface area contributed by atoms with Crippen LogP contribution < -0.4 is 9.62 Å². The van der Waals surface area contributed by atoms with Gasteiger partial charge in [-0.15, -0.1) is 0 Å². The number of sulfonamides is 1. The molecule has 8 heteroatoms. The fourth-order valence-electron chi connectivity index (χ4n) is 5.16. The van der Waals surface area contributed by atoms with E-state index in [1.54, 1.807) is 24.3 Å². The summed E-state index contributed by atoms with van der Waals surface area (Å²) in [5.41, 5.74) is 1.98. The molecular weight excluding hydrogens is 462 g/mol. The highest BCUT2D eigenvalue weighted by Crippen LogP contribution is 2.31. The Labute approximate surface area is 209 Å². The number of nitrogens with zero attached hydrogens (tertiary/aromatic N) is 2. The summed E-state index contributed by atoms with van der Waals surface area (Å²) in [5.74, 6) is -0.546. The van der Waals surface area contributed by atoms with E-state index in [-0.39, 0.29) is 21.6 Å². The molecule has 2 saturated heterocycles. The molecule has 2 aliphatic heterocycles. The van der Waals surface area contributed by atoms with Crippen molar-refractivity contribution < 1.29 is 18.3 Å². The van der Waals surface area contributed by atoms with Crippen molar-refractivity contribution in [3.63, 3.8) is 0 Å². The summed E-state index contributed by atoms with van der Waals surface area (Å²) in [5, 5.41) is 9.93. The number of hydrogen-bond donors (Lipinski definition) is 2. The van der Waals surface area contributed by atoms with Crippen molar-refractivity contribution in [2.24, 2.45) is 5.92 Å². The molecule has 0 spiro atoms. The zero-order chi connectivity index (χ0) is 25.2. The molecule has 0 unspecified atom stereocenters. The average Bonchev–Trinajstić information content (AvgIpc) is 3.31. The summed E-state index contributed by atoms with van der Waals surface area (Å²) in [7, 11) is -3.84. The van der Waals surface area contributed by atoms with E-state index in [4.69, 9.17) is 0 Å². The van der Waals surface area contributed by atoms with E-state index in [0.717, 1.165) is 51.1 Å². The van der Waals surface area contributed by atoms with Crippen molar-refractivity contribution in [1.82, 2.24) is 4.90 Å². The highest BCUT2D eigenvalue weighted by Gasteiger charge is 2.27. The van der Waals surface area contributed by atoms with Crippen LogP contribution >= 0.6 is 0 Å². The van der Waals surface area contributed by atoms with Crippen molar-refractivity contribution in [3.05, 3.63) is 53.6 Å². The summed E-state index contributed by atoms with van der Waals surface area (Å²) < 4.78 is 28.5. The molecule has 190 valence electrons. The Morgan fingerprint density at radius 2 is 1.71 bits per heavy atom. The Kier molecular flexibility index (Phi) is 7.43. The van der Waals surface area contributed by atoms with Gasteiger partial charge in [0, 0.05) is 25.3 Å². The van der Waals surface area contributed by atoms with Gasteiger partial charge in [0.1, 0.15) is 0 Å². The number of carbonyl (C=O) groups is 1. The molecule has 0 amide bonds. The molecule has 2 N–H and O–H groups in total. The van der Waals surface area contributed by atoms with Gasteiger partial charge in [0.15, 0.2) is 0 Å². The minimum atomic E-state index is -3.84. The first-order chi connectivity index (χ1) is 16.5. The summed E-state index contributed by atoms with van der Waals surface area (Å²) in [6, 6.07) is 11.6. The zero-order valence-electron chi connectivity index (χ0n) is 21.0. The van der Waals surface area contributed by atoms with Gasteiger partial charge in [-0.3, -0.25) is 4.72 Å². The molecule has 1 atom stereocenters. The molecule has 7 nitrogen and oxygen atoms in total. The third kappa shape index (κ3) is 6.16. The van der Waals surface area contributed by atoms with Crippen molar-refractivity contribution in [3.8, 4) is 0 Å². The second-order valence-electron chi connectivity index (χ2n) is 10.9. The minimum absolute atomic E-state index is 0.0795. The number of anilines is 2. The molecule has 4 rings (SSSR count). The first kappa shape index (κ1) is 25.5. The Morgan fingerprint density at radius 3 is 2.34 bits per heavy atom. The predicted octanol–water partition coefficient (Wildman–Crippen LogP) is 4.80. The molecule has 2 aromatic carbocycles. The second-order valence-corrected chi connectivity index (χ2v) is 12.6. The Bertz CT molecular complexity index is 1150. The van der Waals surface area contributed by atoms with Crippen LogP contribution in [0.1, 0.15) is 62.4 Å². The van der Waals surface area contributed by atoms with Crippen LogP contribution in [-0.4, -0.2) is 57.1 Å². The number of nitrogens with one attached hydrogen (secondary N) is 1. The predicted molar refractivity (Wildman–Crippen MR) is 140 cm³/mol. The molecule has 2 heterocycles. The van der Waals surface area contributed by atoms with Crippen molar-refractivity contribution in [2.75, 3.05) is 42.3 Å². The topological polar surface area (TPSA) is 90.0 Å². The maximum atomic E-state index is 13.0. The number of aromatic carboxylic acids is 1. The maximum Gasteiger partial charge on any atom is 0.337 e. The normalized spacial score (nSPS) is 19.6. The van der Waals surface area contributed by atoms with E-state index in [1.165, 1.54) is 18.9 Å². The van der Waals surface area contributed by atoms with E-state index in [1.807, 2.05) is 12.1 Å². The van der Waals surface area contributed by atoms with E-state index in [2.05, 4.69) is 35.3 Å². The number of benzene rings is 2. The summed E-state index contributed by atoms with van der Waals surface area (Å²) >= 11 is 0. The fourth-order valence-corrected chi connectivity index (χ4v) is 6.21. The van der Waals surface area contributed by atoms with Crippen LogP contribution in [0.4, 0.5) is 11.4 Å². The van der Waals surface area contributed by atoms with Gasteiger partial charge in [-0.25, -0.2) is 13.2 Å². The SMILES string of the molecule is CC(C)(C)c1ccc(S(=O)(=O)Nc2ccc(N3CCC[C@@H](CN4CCCC4)C3)c(C(=O)O)c2)cc1. The van der Waals surface area contributed by atoms with Crippen molar-refractivity contribution in [2.45, 2.75) is 56.8 Å². The highest BCUT2D eigenvalue weighted by molar-refractivity contribution is 7.92. The Hall–Kier alpha value is -2.58. The Balaban J connectivity index is 1.51. The molecule has 2 aliphatic rings. The first-order valence-electron chi connectivity index (χ1n) is 12.5. The number of carboxylic acid groups (broad SMARTS) is 1. The summed E-state index contributed by atoms with van der Waals surface area (Å²) in [4.78, 5) is 16.9. The molecule has 0 aromatic heterocycles. The molecule has 2 aromatic rings. The van der Waals surface area contributed by atoms with Crippen LogP contribution in [0.5, 0.6) is 0 Å². The van der Waals surface area contributed by atoms with Crippen LogP contribution in [-0.2, 0) is 15.4 Å². The quantitative estimate of drug-likeness (QED) is 0.569. The monoisotopic (exact) mass is 499 g/mol. The number of carboxylic acids is 1. The van der Waals surface area contributed by atoms with E-state index in [9.17, 15) is 18.3 Å². The minimum Gasteiger partial charge on any atom is -0.478 e. The van der Waals surface area contributed by atoms with E-state index in [0.29, 0.717) is 11.6 Å². The second kappa shape index (κ2) is 10.2. The van der Waals surface area contributed by atoms with Crippen LogP contribution in [0.25, 0.3) is 0 Å². The van der Waals surface area contributed by atoms with E-state index < -0.39 is 16.0 Å². The summed E-state index contributed by atoms with van der Waals surface area (Å²) in [6.45, 7) is 11.2. The van der Waals surface area contributed by atoms with Crippen LogP contribution in [0, 0.1) is 5.92 Å². The lowest BCUT2D eigenvalue weighted by atomic mass is 9.87. The molecule has 0 radical (unpaired) electrons. The number of likely N-dealkylation sites (tertiary alicyclic amines) is 1. The molecule has 0 saturated carbocycles. The van der Waals surface area contributed by atoms with Crippen LogP contribution in [0.2, 0.25) is 0 Å². The van der Waals surface area contributed by atoms with E-state index >= 15 is 0 Å². The lowest BCUT2D eigenvalue weighted by molar-refractivity contribution is 0.0697. The van der Waals surface area contributed by atoms with Gasteiger partial charge in [0.2, 0.25) is 0 Å². The maximum absolute atomic E-state index is 13.0. The van der Waals surface area contributed by atoms with Gasteiger partial charge < -0.3 is 14.9 Å². The van der Waals surface area contributed by atoms with Gasteiger partial charge >= 0.3 is 5.97 Å². The molecule has 35 heavy (non-hydrogen) atoms. The standard InChI is InChI=1S/C27H37N3O4S/c1-27(2,3)21-8-11-23(12-9-21)35(33,34)28-22-10-13-25(24(17-22)26(31)32)30-16-6-7-20(19-30)18-29-14-4-5-15-29/h8-13,17,20,28H,4-7,14-16,18-19H2,1-3H3,(H,31,32)/t20-/m0/s1. The van der Waals surface area contributed by atoms with Gasteiger partial charge in [0.25, 0.3) is 10.0 Å². The van der Waals surface area contributed by atoms with Crippen molar-refractivity contribution in [1.29, 1.82) is 0 Å². The largest absolute Gasteiger partial charge is 0.478 e. The number of piperidine rings is 1. The molecule has 2 fully saturated rings. The highest BCUT2D eigenvalue weighted by atomic mass is 32.2. The van der Waals surface area contributed by atoms with Gasteiger partial charge in [0.05, 0.1) is 16.1 Å². The average molecular weight is 500 g/mol. The van der Waals surface area contributed by atoms with Gasteiger partial charge in [-0.1, -0.05) is 32.9 Å². The van der Waals surface area contributed by atoms with Crippen molar-refractivity contribution >= 4 is 27.4 Å². The van der Waals surface area contributed by atoms with Gasteiger partial charge in [-0.2, -0.15) is 0 Å². The lowest BCUT2D eigenvalue weighted by Crippen LogP contribution is -2.41. The third-order valence-electron chi connectivity index (χ3n) is 7.08. The number of rotatable bonds is 7. The Morgan fingerprint density at radius 1 is 1.03 bits per heavy atom. The molecular formula is C27H37N3O4S. The third-order valence-corrected chi connectivity index (χ3v) is 8.48. The molecule has 0 aliphatic carbocycles. The van der Waals surface area contributed by atoms with Gasteiger partial charge in [-0.05, 0) is 86.0 Å². The fraction of sp³-hybridized carbons (Fsp3) is 0.519. The zero-order valence-corrected chi connectivity index (χ0v) is 21.8. The van der Waals surface area contributed by atoms with Crippen LogP contribution in [0.15, 0.2) is 47.4 Å². The lowest BCUT2D eigenvalue weighted by Gasteiger charge is -2.36. The first-order valence-corrected chi connectivity index (χ1v) is 14.0. The number of hydrogen-bond acceptors (Lipinski definition) is 5.